The minimum absolute atomic E-state index is 0.00371. The van der Waals surface area contributed by atoms with Gasteiger partial charge in [0, 0.05) is 82.9 Å². The molecular formula is C30H36ClF2N5O. The Balaban J connectivity index is 1.23. The predicted octanol–water partition coefficient (Wildman–Crippen LogP) is 5.25. The second-order valence-corrected chi connectivity index (χ2v) is 11.2. The Labute approximate surface area is 234 Å². The van der Waals surface area contributed by atoms with Gasteiger partial charge in [0.05, 0.1) is 10.7 Å². The summed E-state index contributed by atoms with van der Waals surface area (Å²) in [7, 11) is 1.95. The van der Waals surface area contributed by atoms with Gasteiger partial charge in [-0.2, -0.15) is 0 Å². The Morgan fingerprint density at radius 2 is 1.67 bits per heavy atom. The second-order valence-electron chi connectivity index (χ2n) is 10.8. The van der Waals surface area contributed by atoms with Crippen LogP contribution in [0.4, 0.5) is 20.2 Å². The van der Waals surface area contributed by atoms with Crippen molar-refractivity contribution in [2.75, 3.05) is 55.6 Å². The van der Waals surface area contributed by atoms with Crippen LogP contribution in [0.1, 0.15) is 34.2 Å². The van der Waals surface area contributed by atoms with Gasteiger partial charge in [-0.15, -0.1) is 0 Å². The molecule has 2 aromatic carbocycles. The van der Waals surface area contributed by atoms with Crippen molar-refractivity contribution in [2.24, 2.45) is 7.05 Å². The number of benzene rings is 2. The molecule has 0 N–H and O–H groups in total. The lowest BCUT2D eigenvalue weighted by atomic mass is 10.1. The van der Waals surface area contributed by atoms with Crippen LogP contribution in [-0.4, -0.2) is 72.1 Å². The first-order valence-electron chi connectivity index (χ1n) is 13.5. The Morgan fingerprint density at radius 1 is 0.974 bits per heavy atom. The Hall–Kier alpha value is -3.10. The lowest BCUT2D eigenvalue weighted by Crippen LogP contribution is -2.54. The van der Waals surface area contributed by atoms with E-state index >= 15 is 0 Å². The third kappa shape index (κ3) is 5.50. The fraction of sp³-hybridized carbons (Fsp3) is 0.433. The van der Waals surface area contributed by atoms with Gasteiger partial charge in [0.2, 0.25) is 0 Å². The van der Waals surface area contributed by atoms with Gasteiger partial charge >= 0.3 is 0 Å². The lowest BCUT2D eigenvalue weighted by molar-refractivity contribution is 0.0664. The van der Waals surface area contributed by atoms with E-state index in [0.29, 0.717) is 31.0 Å². The molecule has 9 heteroatoms. The molecule has 1 atom stereocenters. The predicted molar refractivity (Wildman–Crippen MR) is 153 cm³/mol. The summed E-state index contributed by atoms with van der Waals surface area (Å²) < 4.78 is 29.8. The lowest BCUT2D eigenvalue weighted by Gasteiger charge is -2.41. The highest BCUT2D eigenvalue weighted by Gasteiger charge is 2.31. The molecular weight excluding hydrogens is 520 g/mol. The molecule has 0 bridgehead atoms. The Kier molecular flexibility index (Phi) is 7.87. The van der Waals surface area contributed by atoms with Gasteiger partial charge < -0.3 is 19.3 Å². The molecule has 5 rings (SSSR count). The average Bonchev–Trinajstić information content (AvgIpc) is 3.20. The summed E-state index contributed by atoms with van der Waals surface area (Å²) in [5.74, 6) is -1.64. The number of aromatic nitrogens is 1. The number of carbonyl (C=O) groups excluding carboxylic acids is 1. The second kappa shape index (κ2) is 11.2. The van der Waals surface area contributed by atoms with Crippen molar-refractivity contribution in [2.45, 2.75) is 33.4 Å². The summed E-state index contributed by atoms with van der Waals surface area (Å²) >= 11 is 6.40. The number of nitrogens with zero attached hydrogens (tertiary/aromatic N) is 5. The van der Waals surface area contributed by atoms with Crippen molar-refractivity contribution in [1.29, 1.82) is 0 Å². The number of carbonyl (C=O) groups is 1. The van der Waals surface area contributed by atoms with E-state index in [1.165, 1.54) is 6.07 Å². The summed E-state index contributed by atoms with van der Waals surface area (Å²) in [4.78, 5) is 22.3. The van der Waals surface area contributed by atoms with E-state index in [0.717, 1.165) is 54.7 Å². The molecule has 0 saturated carbocycles. The fourth-order valence-electron chi connectivity index (χ4n) is 5.76. The molecule has 6 nitrogen and oxygen atoms in total. The minimum Gasteiger partial charge on any atom is -0.368 e. The number of hydrogen-bond acceptors (Lipinski definition) is 4. The molecule has 1 aromatic heterocycles. The standard InChI is InChI=1S/C30H36ClF2N5O/c1-20-15-24(17-26(32)29(20)33)37-13-14-38(21(2)18-37)30(39)28-16-23(22(3)34(28)4)19-35-9-11-36(12-10-35)27-8-6-5-7-25(27)31/h5-8,15-17,21H,9-14,18-19H2,1-4H3/t21-/m0/s1. The fourth-order valence-corrected chi connectivity index (χ4v) is 6.01. The van der Waals surface area contributed by atoms with Crippen LogP contribution in [-0.2, 0) is 13.6 Å². The summed E-state index contributed by atoms with van der Waals surface area (Å²) in [5, 5.41) is 0.781. The van der Waals surface area contributed by atoms with Crippen LogP contribution in [0, 0.1) is 25.5 Å². The number of aryl methyl sites for hydroxylation is 1. The van der Waals surface area contributed by atoms with Crippen molar-refractivity contribution < 1.29 is 13.6 Å². The maximum absolute atomic E-state index is 14.0. The van der Waals surface area contributed by atoms with Crippen LogP contribution in [0.15, 0.2) is 42.5 Å². The number of piperazine rings is 2. The SMILES string of the molecule is Cc1cc(N2CCN(C(=O)c3cc(CN4CCN(c5ccccc5Cl)CC4)c(C)n3C)[C@@H](C)C2)cc(F)c1F. The highest BCUT2D eigenvalue weighted by Crippen LogP contribution is 2.28. The highest BCUT2D eigenvalue weighted by molar-refractivity contribution is 6.33. The van der Waals surface area contributed by atoms with Crippen LogP contribution >= 0.6 is 11.6 Å². The minimum atomic E-state index is -0.840. The van der Waals surface area contributed by atoms with E-state index in [1.54, 1.807) is 13.0 Å². The Morgan fingerprint density at radius 3 is 2.33 bits per heavy atom. The molecule has 3 aromatic rings. The van der Waals surface area contributed by atoms with Crippen LogP contribution in [0.5, 0.6) is 0 Å². The normalized spacial score (nSPS) is 18.6. The third-order valence-electron chi connectivity index (χ3n) is 8.27. The van der Waals surface area contributed by atoms with Gasteiger partial charge in [0.15, 0.2) is 11.6 Å². The molecule has 39 heavy (non-hydrogen) atoms. The molecule has 3 heterocycles. The third-order valence-corrected chi connectivity index (χ3v) is 8.59. The molecule has 0 aliphatic carbocycles. The first-order chi connectivity index (χ1) is 18.6. The van der Waals surface area contributed by atoms with Gasteiger partial charge in [-0.1, -0.05) is 23.7 Å². The Bertz CT molecular complexity index is 1340. The zero-order chi connectivity index (χ0) is 27.8. The van der Waals surface area contributed by atoms with Crippen molar-refractivity contribution in [3.05, 3.63) is 81.6 Å². The molecule has 1 amide bonds. The van der Waals surface area contributed by atoms with E-state index in [1.807, 2.05) is 52.6 Å². The van der Waals surface area contributed by atoms with E-state index in [9.17, 15) is 13.6 Å². The molecule has 0 unspecified atom stereocenters. The number of amides is 1. The largest absolute Gasteiger partial charge is 0.368 e. The molecule has 2 fully saturated rings. The topological polar surface area (TPSA) is 35.0 Å². The van der Waals surface area contributed by atoms with Crippen LogP contribution in [0.3, 0.4) is 0 Å². The summed E-state index contributed by atoms with van der Waals surface area (Å²) in [5.41, 5.74) is 4.95. The van der Waals surface area contributed by atoms with E-state index in [4.69, 9.17) is 11.6 Å². The zero-order valence-electron chi connectivity index (χ0n) is 23.1. The van der Waals surface area contributed by atoms with Gasteiger partial charge in [-0.25, -0.2) is 8.78 Å². The molecule has 0 spiro atoms. The molecule has 2 saturated heterocycles. The average molecular weight is 556 g/mol. The van der Waals surface area contributed by atoms with Gasteiger partial charge in [0.25, 0.3) is 5.91 Å². The van der Waals surface area contributed by atoms with E-state index in [2.05, 4.69) is 22.8 Å². The van der Waals surface area contributed by atoms with Crippen molar-refractivity contribution >= 4 is 28.9 Å². The zero-order valence-corrected chi connectivity index (χ0v) is 23.8. The first kappa shape index (κ1) is 27.5. The first-order valence-corrected chi connectivity index (χ1v) is 13.9. The number of halogens is 3. The van der Waals surface area contributed by atoms with Gasteiger partial charge in [-0.05, 0) is 56.2 Å². The quantitative estimate of drug-likeness (QED) is 0.431. The van der Waals surface area contributed by atoms with E-state index < -0.39 is 11.6 Å². The van der Waals surface area contributed by atoms with E-state index in [-0.39, 0.29) is 17.5 Å². The summed E-state index contributed by atoms with van der Waals surface area (Å²) in [6.45, 7) is 11.7. The van der Waals surface area contributed by atoms with Gasteiger partial charge in [0.1, 0.15) is 5.69 Å². The van der Waals surface area contributed by atoms with Crippen molar-refractivity contribution in [3.63, 3.8) is 0 Å². The molecule has 2 aliphatic heterocycles. The number of rotatable bonds is 5. The molecule has 2 aliphatic rings. The maximum atomic E-state index is 14.0. The van der Waals surface area contributed by atoms with Gasteiger partial charge in [-0.3, -0.25) is 9.69 Å². The van der Waals surface area contributed by atoms with Crippen molar-refractivity contribution in [1.82, 2.24) is 14.4 Å². The van der Waals surface area contributed by atoms with Crippen LogP contribution < -0.4 is 9.80 Å². The monoisotopic (exact) mass is 555 g/mol. The highest BCUT2D eigenvalue weighted by atomic mass is 35.5. The molecule has 208 valence electrons. The van der Waals surface area contributed by atoms with Crippen LogP contribution in [0.25, 0.3) is 0 Å². The molecule has 0 radical (unpaired) electrons. The number of para-hydroxylation sites is 1. The summed E-state index contributed by atoms with van der Waals surface area (Å²) in [6, 6.07) is 12.8. The summed E-state index contributed by atoms with van der Waals surface area (Å²) in [6.07, 6.45) is 0. The number of hydrogen-bond donors (Lipinski definition) is 0. The van der Waals surface area contributed by atoms with Crippen LogP contribution in [0.2, 0.25) is 5.02 Å². The smallest absolute Gasteiger partial charge is 0.270 e. The van der Waals surface area contributed by atoms with Crippen molar-refractivity contribution in [3.8, 4) is 0 Å². The number of anilines is 2. The maximum Gasteiger partial charge on any atom is 0.270 e.